The Kier molecular flexibility index (Phi) is 7.09. The van der Waals surface area contributed by atoms with Gasteiger partial charge in [0.2, 0.25) is 0 Å². The van der Waals surface area contributed by atoms with Crippen molar-refractivity contribution in [2.24, 2.45) is 0 Å². The molecule has 0 aromatic carbocycles. The van der Waals surface area contributed by atoms with Crippen molar-refractivity contribution in [3.05, 3.63) is 0 Å². The SMILES string of the molecule is O=C(O)N[C@H]1O[C@H](CO)[C@@H](O[C@@H]2O[C@H](CO)[C@H](O)[C@H](O)[C@H]2O)[C@H](O)[C@H]1O. The van der Waals surface area contributed by atoms with Crippen LogP contribution in [-0.2, 0) is 14.2 Å². The molecule has 26 heavy (non-hydrogen) atoms. The molecule has 2 fully saturated rings. The van der Waals surface area contributed by atoms with Crippen LogP contribution in [0.25, 0.3) is 0 Å². The van der Waals surface area contributed by atoms with Gasteiger partial charge in [-0.1, -0.05) is 0 Å². The Morgan fingerprint density at radius 2 is 1.46 bits per heavy atom. The minimum Gasteiger partial charge on any atom is -0.465 e. The Morgan fingerprint density at radius 1 is 0.846 bits per heavy atom. The molecule has 13 heteroatoms. The molecular weight excluding hydrogens is 362 g/mol. The van der Waals surface area contributed by atoms with Crippen molar-refractivity contribution in [3.8, 4) is 0 Å². The molecule has 0 spiro atoms. The third kappa shape index (κ3) is 4.23. The highest BCUT2D eigenvalue weighted by atomic mass is 16.7. The van der Waals surface area contributed by atoms with Crippen molar-refractivity contribution in [2.75, 3.05) is 13.2 Å². The van der Waals surface area contributed by atoms with Crippen molar-refractivity contribution < 1.29 is 59.9 Å². The maximum atomic E-state index is 10.7. The molecular formula is C13H23NO12. The van der Waals surface area contributed by atoms with Gasteiger partial charge >= 0.3 is 6.09 Å². The Labute approximate surface area is 147 Å². The Morgan fingerprint density at radius 3 is 2.00 bits per heavy atom. The minimum absolute atomic E-state index is 0.703. The topological polar surface area (TPSA) is 219 Å². The normalized spacial score (nSPS) is 46.7. The van der Waals surface area contributed by atoms with Crippen LogP contribution in [0.1, 0.15) is 0 Å². The van der Waals surface area contributed by atoms with Crippen LogP contribution in [0.3, 0.4) is 0 Å². The second-order valence-electron chi connectivity index (χ2n) is 6.01. The number of aliphatic hydroxyl groups is 7. The van der Waals surface area contributed by atoms with Gasteiger partial charge in [-0.25, -0.2) is 4.79 Å². The predicted molar refractivity (Wildman–Crippen MR) is 77.6 cm³/mol. The monoisotopic (exact) mass is 385 g/mol. The zero-order valence-corrected chi connectivity index (χ0v) is 13.4. The van der Waals surface area contributed by atoms with Gasteiger partial charge in [-0.3, -0.25) is 5.32 Å². The number of aliphatic hydroxyl groups excluding tert-OH is 7. The quantitative estimate of drug-likeness (QED) is 0.217. The summed E-state index contributed by atoms with van der Waals surface area (Å²) in [5, 5.41) is 78.6. The summed E-state index contributed by atoms with van der Waals surface area (Å²) < 4.78 is 15.6. The molecule has 0 aromatic heterocycles. The maximum absolute atomic E-state index is 10.7. The number of rotatable bonds is 5. The number of hydrogen-bond acceptors (Lipinski definition) is 11. The summed E-state index contributed by atoms with van der Waals surface area (Å²) in [5.41, 5.74) is 0. The fourth-order valence-corrected chi connectivity index (χ4v) is 2.83. The van der Waals surface area contributed by atoms with E-state index in [1.165, 1.54) is 0 Å². The lowest BCUT2D eigenvalue weighted by Crippen LogP contribution is -2.66. The van der Waals surface area contributed by atoms with Gasteiger partial charge in [-0.05, 0) is 0 Å². The average Bonchev–Trinajstić information content (AvgIpc) is 2.60. The number of hydrogen-bond donors (Lipinski definition) is 9. The van der Waals surface area contributed by atoms with Crippen molar-refractivity contribution in [2.45, 2.75) is 61.3 Å². The summed E-state index contributed by atoms with van der Waals surface area (Å²) in [6, 6.07) is 0. The number of carbonyl (C=O) groups is 1. The lowest BCUT2D eigenvalue weighted by molar-refractivity contribution is -0.342. The molecule has 10 atom stereocenters. The van der Waals surface area contributed by atoms with Crippen LogP contribution >= 0.6 is 0 Å². The van der Waals surface area contributed by atoms with Crippen molar-refractivity contribution in [1.82, 2.24) is 5.32 Å². The zero-order chi connectivity index (χ0) is 19.6. The van der Waals surface area contributed by atoms with E-state index in [4.69, 9.17) is 24.4 Å². The number of carboxylic acid groups (broad SMARTS) is 1. The van der Waals surface area contributed by atoms with Crippen LogP contribution in [0.15, 0.2) is 0 Å². The maximum Gasteiger partial charge on any atom is 0.406 e. The summed E-state index contributed by atoms with van der Waals surface area (Å²) in [6.07, 6.45) is -17.4. The molecule has 9 N–H and O–H groups in total. The highest BCUT2D eigenvalue weighted by molar-refractivity contribution is 5.64. The molecule has 1 amide bonds. The number of ether oxygens (including phenoxy) is 3. The first-order chi connectivity index (χ1) is 12.2. The standard InChI is InChI=1S/C13H23NO12/c15-1-3-5(17)6(18)9(21)12(25-3)26-10-4(2-16)24-11(14-13(22)23)8(20)7(10)19/h3-12,14-21H,1-2H2,(H,22,23)/t3-,4-,5+,6+,7-,8-,9-,10-,11+,12+/m1/s1. The number of nitrogens with one attached hydrogen (secondary N) is 1. The van der Waals surface area contributed by atoms with Crippen molar-refractivity contribution in [1.29, 1.82) is 0 Å². The van der Waals surface area contributed by atoms with Crippen molar-refractivity contribution in [3.63, 3.8) is 0 Å². The molecule has 0 saturated carbocycles. The van der Waals surface area contributed by atoms with Gasteiger partial charge in [0.25, 0.3) is 0 Å². The molecule has 0 radical (unpaired) electrons. The first kappa shape index (κ1) is 21.2. The van der Waals surface area contributed by atoms with E-state index < -0.39 is 80.7 Å². The first-order valence-electron chi connectivity index (χ1n) is 7.79. The zero-order valence-electron chi connectivity index (χ0n) is 13.4. The Bertz CT molecular complexity index is 476. The van der Waals surface area contributed by atoms with Crippen molar-refractivity contribution >= 4 is 6.09 Å². The van der Waals surface area contributed by atoms with Crippen LogP contribution in [-0.4, -0.2) is 122 Å². The van der Waals surface area contributed by atoms with E-state index in [2.05, 4.69) is 0 Å². The molecule has 0 aromatic rings. The predicted octanol–water partition coefficient (Wildman–Crippen LogP) is -5.12. The average molecular weight is 385 g/mol. The summed E-state index contributed by atoms with van der Waals surface area (Å²) >= 11 is 0. The van der Waals surface area contributed by atoms with Crippen LogP contribution in [0.2, 0.25) is 0 Å². The van der Waals surface area contributed by atoms with Crippen LogP contribution in [0, 0.1) is 0 Å². The molecule has 152 valence electrons. The highest BCUT2D eigenvalue weighted by Crippen LogP contribution is 2.28. The molecule has 0 unspecified atom stereocenters. The van der Waals surface area contributed by atoms with Gasteiger partial charge < -0.3 is 55.1 Å². The summed E-state index contributed by atoms with van der Waals surface area (Å²) in [4.78, 5) is 10.7. The van der Waals surface area contributed by atoms with Gasteiger partial charge in [-0.15, -0.1) is 0 Å². The van der Waals surface area contributed by atoms with E-state index in [9.17, 15) is 35.4 Å². The summed E-state index contributed by atoms with van der Waals surface area (Å²) in [6.45, 7) is -1.45. The van der Waals surface area contributed by atoms with Gasteiger partial charge in [0.15, 0.2) is 12.5 Å². The molecule has 2 heterocycles. The summed E-state index contributed by atoms with van der Waals surface area (Å²) in [7, 11) is 0. The molecule has 2 aliphatic heterocycles. The van der Waals surface area contributed by atoms with Crippen LogP contribution < -0.4 is 5.32 Å². The van der Waals surface area contributed by atoms with Gasteiger partial charge in [0.05, 0.1) is 13.2 Å². The van der Waals surface area contributed by atoms with Gasteiger partial charge in [0, 0.05) is 0 Å². The van der Waals surface area contributed by atoms with Gasteiger partial charge in [-0.2, -0.15) is 0 Å². The van der Waals surface area contributed by atoms with E-state index >= 15 is 0 Å². The molecule has 0 bridgehead atoms. The largest absolute Gasteiger partial charge is 0.465 e. The van der Waals surface area contributed by atoms with Gasteiger partial charge in [0.1, 0.15) is 48.8 Å². The van der Waals surface area contributed by atoms with Crippen LogP contribution in [0.5, 0.6) is 0 Å². The fraction of sp³-hybridized carbons (Fsp3) is 0.923. The smallest absolute Gasteiger partial charge is 0.406 e. The lowest BCUT2D eigenvalue weighted by atomic mass is 9.96. The highest BCUT2D eigenvalue weighted by Gasteiger charge is 2.50. The second-order valence-corrected chi connectivity index (χ2v) is 6.01. The molecule has 2 aliphatic rings. The lowest BCUT2D eigenvalue weighted by Gasteiger charge is -2.46. The Hall–Kier alpha value is -1.13. The minimum atomic E-state index is -1.77. The van der Waals surface area contributed by atoms with E-state index in [1.807, 2.05) is 5.32 Å². The Balaban J connectivity index is 2.12. The molecule has 0 aliphatic carbocycles. The van der Waals surface area contributed by atoms with E-state index in [-0.39, 0.29) is 0 Å². The molecule has 2 rings (SSSR count). The number of amides is 1. The fourth-order valence-electron chi connectivity index (χ4n) is 2.83. The third-order valence-electron chi connectivity index (χ3n) is 4.27. The van der Waals surface area contributed by atoms with E-state index in [0.717, 1.165) is 0 Å². The van der Waals surface area contributed by atoms with E-state index in [0.29, 0.717) is 0 Å². The molecule has 13 nitrogen and oxygen atoms in total. The summed E-state index contributed by atoms with van der Waals surface area (Å²) in [5.74, 6) is 0. The third-order valence-corrected chi connectivity index (χ3v) is 4.27. The molecule has 2 saturated heterocycles. The second kappa shape index (κ2) is 8.71. The van der Waals surface area contributed by atoms with Crippen LogP contribution in [0.4, 0.5) is 4.79 Å². The first-order valence-corrected chi connectivity index (χ1v) is 7.79. The van der Waals surface area contributed by atoms with E-state index in [1.54, 1.807) is 0 Å².